The second-order valence-corrected chi connectivity index (χ2v) is 3.68. The maximum Gasteiger partial charge on any atom is 0.0842 e. The van der Waals surface area contributed by atoms with Crippen LogP contribution in [0.1, 0.15) is 17.7 Å². The van der Waals surface area contributed by atoms with Gasteiger partial charge in [0.2, 0.25) is 0 Å². The highest BCUT2D eigenvalue weighted by Crippen LogP contribution is 2.26. The Morgan fingerprint density at radius 1 is 1.62 bits per heavy atom. The van der Waals surface area contributed by atoms with Gasteiger partial charge in [0, 0.05) is 12.8 Å². The molecule has 0 saturated carbocycles. The maximum absolute atomic E-state index is 6.16. The van der Waals surface area contributed by atoms with E-state index in [2.05, 4.69) is 4.98 Å². The van der Waals surface area contributed by atoms with Gasteiger partial charge >= 0.3 is 0 Å². The van der Waals surface area contributed by atoms with Crippen molar-refractivity contribution in [2.45, 2.75) is 18.9 Å². The van der Waals surface area contributed by atoms with Crippen molar-refractivity contribution < 1.29 is 4.74 Å². The highest BCUT2D eigenvalue weighted by Gasteiger charge is 2.33. The van der Waals surface area contributed by atoms with Gasteiger partial charge in [-0.25, -0.2) is 0 Å². The van der Waals surface area contributed by atoms with Gasteiger partial charge in [-0.05, 0) is 31.0 Å². The molecule has 1 aromatic heterocycles. The summed E-state index contributed by atoms with van der Waals surface area (Å²) in [6.07, 6.45) is 2.67. The summed E-state index contributed by atoms with van der Waals surface area (Å²) in [5, 5.41) is 0. The minimum atomic E-state index is -0.355. The fraction of sp³-hybridized carbons (Fsp3) is 0.500. The molecule has 1 aromatic rings. The molecule has 0 spiro atoms. The van der Waals surface area contributed by atoms with E-state index in [1.165, 1.54) is 5.56 Å². The molecule has 2 N–H and O–H groups in total. The van der Waals surface area contributed by atoms with Crippen molar-refractivity contribution in [2.75, 3.05) is 13.2 Å². The molecule has 2 rings (SSSR count). The third-order valence-corrected chi connectivity index (χ3v) is 2.48. The third kappa shape index (κ3) is 1.57. The lowest BCUT2D eigenvalue weighted by Gasteiger charge is -2.20. The Morgan fingerprint density at radius 3 is 3.08 bits per heavy atom. The van der Waals surface area contributed by atoms with E-state index in [9.17, 15) is 0 Å². The van der Waals surface area contributed by atoms with E-state index in [-0.39, 0.29) is 5.54 Å². The quantitative estimate of drug-likeness (QED) is 0.697. The summed E-state index contributed by atoms with van der Waals surface area (Å²) >= 11 is 0. The highest BCUT2D eigenvalue weighted by atomic mass is 16.5. The molecule has 3 nitrogen and oxygen atoms in total. The highest BCUT2D eigenvalue weighted by molar-refractivity contribution is 5.22. The average molecular weight is 178 g/mol. The minimum absolute atomic E-state index is 0.355. The molecule has 0 amide bonds. The number of pyridine rings is 1. The van der Waals surface area contributed by atoms with E-state index in [0.717, 1.165) is 18.7 Å². The van der Waals surface area contributed by atoms with E-state index < -0.39 is 0 Å². The summed E-state index contributed by atoms with van der Waals surface area (Å²) in [6.45, 7) is 3.37. The van der Waals surface area contributed by atoms with Crippen LogP contribution in [0.15, 0.2) is 18.3 Å². The van der Waals surface area contributed by atoms with Crippen molar-refractivity contribution in [3.05, 3.63) is 29.6 Å². The lowest BCUT2D eigenvalue weighted by atomic mass is 9.94. The molecular weight excluding hydrogens is 164 g/mol. The molecule has 1 saturated heterocycles. The molecule has 0 aliphatic carbocycles. The zero-order chi connectivity index (χ0) is 9.31. The largest absolute Gasteiger partial charge is 0.379 e. The monoisotopic (exact) mass is 178 g/mol. The summed E-state index contributed by atoms with van der Waals surface area (Å²) in [5.41, 5.74) is 7.95. The van der Waals surface area contributed by atoms with E-state index >= 15 is 0 Å². The first kappa shape index (κ1) is 8.66. The van der Waals surface area contributed by atoms with Crippen molar-refractivity contribution in [3.8, 4) is 0 Å². The maximum atomic E-state index is 6.16. The normalized spacial score (nSPS) is 27.8. The lowest BCUT2D eigenvalue weighted by molar-refractivity contribution is 0.177. The number of nitrogens with zero attached hydrogens (tertiary/aromatic N) is 1. The van der Waals surface area contributed by atoms with Gasteiger partial charge in [-0.1, -0.05) is 0 Å². The van der Waals surface area contributed by atoms with Crippen molar-refractivity contribution >= 4 is 0 Å². The summed E-state index contributed by atoms with van der Waals surface area (Å²) < 4.78 is 5.29. The van der Waals surface area contributed by atoms with Crippen LogP contribution < -0.4 is 5.73 Å². The SMILES string of the molecule is Cc1ccnc(C2(N)CCOC2)c1. The molecule has 0 aromatic carbocycles. The van der Waals surface area contributed by atoms with E-state index in [4.69, 9.17) is 10.5 Å². The molecule has 2 heterocycles. The first-order chi connectivity index (χ1) is 6.21. The molecule has 1 unspecified atom stereocenters. The zero-order valence-electron chi connectivity index (χ0n) is 7.79. The number of ether oxygens (including phenoxy) is 1. The second kappa shape index (κ2) is 3.09. The van der Waals surface area contributed by atoms with Crippen molar-refractivity contribution in [1.29, 1.82) is 0 Å². The molecule has 70 valence electrons. The third-order valence-electron chi connectivity index (χ3n) is 2.48. The van der Waals surface area contributed by atoms with Crippen LogP contribution in [-0.2, 0) is 10.3 Å². The van der Waals surface area contributed by atoms with Gasteiger partial charge in [-0.15, -0.1) is 0 Å². The molecule has 1 aliphatic heterocycles. The molecule has 3 heteroatoms. The first-order valence-electron chi connectivity index (χ1n) is 4.50. The number of aromatic nitrogens is 1. The van der Waals surface area contributed by atoms with E-state index in [0.29, 0.717) is 6.61 Å². The van der Waals surface area contributed by atoms with Gasteiger partial charge in [-0.3, -0.25) is 4.98 Å². The average Bonchev–Trinajstić information content (AvgIpc) is 2.54. The van der Waals surface area contributed by atoms with Crippen LogP contribution >= 0.6 is 0 Å². The predicted octanol–water partition coefficient (Wildman–Crippen LogP) is 0.964. The number of hydrogen-bond acceptors (Lipinski definition) is 3. The topological polar surface area (TPSA) is 48.1 Å². The lowest BCUT2D eigenvalue weighted by Crippen LogP contribution is -2.37. The first-order valence-corrected chi connectivity index (χ1v) is 4.50. The van der Waals surface area contributed by atoms with Gasteiger partial charge in [0.1, 0.15) is 0 Å². The van der Waals surface area contributed by atoms with Crippen LogP contribution in [0, 0.1) is 6.92 Å². The van der Waals surface area contributed by atoms with Crippen LogP contribution in [0.25, 0.3) is 0 Å². The Labute approximate surface area is 77.9 Å². The Balaban J connectivity index is 2.33. The molecule has 0 radical (unpaired) electrons. The Bertz CT molecular complexity index is 306. The minimum Gasteiger partial charge on any atom is -0.379 e. The standard InChI is InChI=1S/C10H14N2O/c1-8-2-4-12-9(6-8)10(11)3-5-13-7-10/h2,4,6H,3,5,7,11H2,1H3. The van der Waals surface area contributed by atoms with Crippen LogP contribution in [0.2, 0.25) is 0 Å². The van der Waals surface area contributed by atoms with Crippen molar-refractivity contribution in [3.63, 3.8) is 0 Å². The number of rotatable bonds is 1. The molecule has 1 atom stereocenters. The van der Waals surface area contributed by atoms with E-state index in [1.54, 1.807) is 6.20 Å². The van der Waals surface area contributed by atoms with Crippen LogP contribution in [0.5, 0.6) is 0 Å². The number of nitrogens with two attached hydrogens (primary N) is 1. The fourth-order valence-corrected chi connectivity index (χ4v) is 1.59. The number of hydrogen-bond donors (Lipinski definition) is 1. The van der Waals surface area contributed by atoms with Crippen LogP contribution in [-0.4, -0.2) is 18.2 Å². The molecule has 1 aliphatic rings. The van der Waals surface area contributed by atoms with Crippen molar-refractivity contribution in [1.82, 2.24) is 4.98 Å². The molecule has 13 heavy (non-hydrogen) atoms. The zero-order valence-corrected chi connectivity index (χ0v) is 7.79. The molecule has 0 bridgehead atoms. The molecular formula is C10H14N2O. The van der Waals surface area contributed by atoms with Crippen LogP contribution in [0.4, 0.5) is 0 Å². The number of aryl methyl sites for hydroxylation is 1. The van der Waals surface area contributed by atoms with Gasteiger partial charge < -0.3 is 10.5 Å². The van der Waals surface area contributed by atoms with Crippen molar-refractivity contribution in [2.24, 2.45) is 5.73 Å². The predicted molar refractivity (Wildman–Crippen MR) is 50.3 cm³/mol. The summed E-state index contributed by atoms with van der Waals surface area (Å²) in [7, 11) is 0. The summed E-state index contributed by atoms with van der Waals surface area (Å²) in [5.74, 6) is 0. The Hall–Kier alpha value is -0.930. The second-order valence-electron chi connectivity index (χ2n) is 3.68. The van der Waals surface area contributed by atoms with E-state index in [1.807, 2.05) is 19.1 Å². The van der Waals surface area contributed by atoms with Gasteiger partial charge in [0.15, 0.2) is 0 Å². The smallest absolute Gasteiger partial charge is 0.0842 e. The van der Waals surface area contributed by atoms with Gasteiger partial charge in [0.25, 0.3) is 0 Å². The van der Waals surface area contributed by atoms with Crippen LogP contribution in [0.3, 0.4) is 0 Å². The summed E-state index contributed by atoms with van der Waals surface area (Å²) in [6, 6.07) is 4.01. The molecule has 1 fully saturated rings. The Kier molecular flexibility index (Phi) is 2.06. The Morgan fingerprint density at radius 2 is 2.46 bits per heavy atom. The van der Waals surface area contributed by atoms with Gasteiger partial charge in [-0.2, -0.15) is 0 Å². The fourth-order valence-electron chi connectivity index (χ4n) is 1.59. The van der Waals surface area contributed by atoms with Gasteiger partial charge in [0.05, 0.1) is 17.8 Å². The summed E-state index contributed by atoms with van der Waals surface area (Å²) in [4.78, 5) is 4.29.